The molecule has 1 N–H and O–H groups in total. The summed E-state index contributed by atoms with van der Waals surface area (Å²) in [4.78, 5) is 40.7. The van der Waals surface area contributed by atoms with E-state index in [-0.39, 0.29) is 11.3 Å². The topological polar surface area (TPSA) is 86.9 Å². The normalized spacial score (nSPS) is 32.6. The smallest absolute Gasteiger partial charge is 0.330 e. The summed E-state index contributed by atoms with van der Waals surface area (Å²) >= 11 is 0. The first-order valence-electron chi connectivity index (χ1n) is 14.8. The van der Waals surface area contributed by atoms with Crippen molar-refractivity contribution in [3.05, 3.63) is 107 Å². The highest BCUT2D eigenvalue weighted by Gasteiger charge is 2.76. The number of benzene rings is 3. The number of hydrogen-bond acceptors (Lipinski definition) is 6. The summed E-state index contributed by atoms with van der Waals surface area (Å²) in [6.07, 6.45) is 1.69. The largest absolute Gasteiger partial charge is 0.460 e. The van der Waals surface area contributed by atoms with Gasteiger partial charge in [0.15, 0.2) is 5.54 Å². The van der Waals surface area contributed by atoms with Gasteiger partial charge in [-0.3, -0.25) is 9.59 Å². The number of hydrogen-bond donors (Lipinski definition) is 1. The molecule has 216 valence electrons. The molecule has 0 aromatic heterocycles. The van der Waals surface area contributed by atoms with Crippen molar-refractivity contribution in [2.45, 2.75) is 70.2 Å². The number of aliphatic hydroxyl groups is 1. The molecule has 0 spiro atoms. The molecule has 6 unspecified atom stereocenters. The van der Waals surface area contributed by atoms with Crippen molar-refractivity contribution >= 4 is 17.8 Å². The van der Waals surface area contributed by atoms with Crippen LogP contribution in [-0.4, -0.2) is 50.6 Å². The maximum Gasteiger partial charge on any atom is 0.330 e. The summed E-state index contributed by atoms with van der Waals surface area (Å²) < 4.78 is 6.52. The Labute approximate surface area is 246 Å². The molecule has 42 heavy (non-hydrogen) atoms. The third-order valence-corrected chi connectivity index (χ3v) is 11.4. The van der Waals surface area contributed by atoms with Crippen molar-refractivity contribution < 1.29 is 24.2 Å². The van der Waals surface area contributed by atoms with Crippen LogP contribution in [0.2, 0.25) is 0 Å². The minimum absolute atomic E-state index is 0.256. The van der Waals surface area contributed by atoms with Crippen LogP contribution in [0.3, 0.4) is 0 Å². The van der Waals surface area contributed by atoms with E-state index in [1.807, 2.05) is 67.6 Å². The minimum atomic E-state index is -1.42. The predicted octanol–water partition coefficient (Wildman–Crippen LogP) is 5.33. The second kappa shape index (κ2) is 8.85. The maximum atomic E-state index is 14.2. The maximum absolute atomic E-state index is 14.2. The molecule has 0 radical (unpaired) electrons. The lowest BCUT2D eigenvalue weighted by Gasteiger charge is -2.53. The predicted molar refractivity (Wildman–Crippen MR) is 156 cm³/mol. The van der Waals surface area contributed by atoms with E-state index >= 15 is 0 Å². The molecule has 2 aliphatic heterocycles. The Hall–Kier alpha value is -3.81. The van der Waals surface area contributed by atoms with E-state index < -0.39 is 46.5 Å². The van der Waals surface area contributed by atoms with Crippen molar-refractivity contribution in [3.8, 4) is 0 Å². The molecular formula is C35H36N2O5. The van der Waals surface area contributed by atoms with Crippen LogP contribution in [0, 0.1) is 16.7 Å². The van der Waals surface area contributed by atoms with Crippen molar-refractivity contribution in [1.82, 2.24) is 10.0 Å². The molecule has 7 nitrogen and oxygen atoms in total. The van der Waals surface area contributed by atoms with Crippen molar-refractivity contribution in [1.29, 1.82) is 0 Å². The van der Waals surface area contributed by atoms with Crippen LogP contribution in [0.4, 0.5) is 0 Å². The number of fused-ring (bicyclic) bond motifs is 3. The second-order valence-electron chi connectivity index (χ2n) is 13.1. The standard InChI is InChI=1S/C35H36N2O5/c1-22-33(4,37(22)36-29(38)26-17-11-12-18-27(26)30(36)39)31(40)42-28-21-25-19-20-34(28,32(25,2)3)35(41,23-13-7-5-8-14-23)24-15-9-6-10-16-24/h5-18,22,25,28,41H,19-21H2,1-4H3. The minimum Gasteiger partial charge on any atom is -0.460 e. The number of ether oxygens (including phenoxy) is 1. The highest BCUT2D eigenvalue weighted by Crippen LogP contribution is 2.73. The van der Waals surface area contributed by atoms with E-state index in [1.54, 1.807) is 36.2 Å². The van der Waals surface area contributed by atoms with E-state index in [2.05, 4.69) is 13.8 Å². The first-order valence-corrected chi connectivity index (χ1v) is 14.8. The van der Waals surface area contributed by atoms with E-state index in [4.69, 9.17) is 4.74 Å². The molecule has 2 bridgehead atoms. The summed E-state index contributed by atoms with van der Waals surface area (Å²) in [6, 6.07) is 25.7. The third-order valence-electron chi connectivity index (χ3n) is 11.4. The van der Waals surface area contributed by atoms with E-state index in [9.17, 15) is 19.5 Å². The van der Waals surface area contributed by atoms with E-state index in [0.717, 1.165) is 22.6 Å². The molecular weight excluding hydrogens is 528 g/mol. The summed E-state index contributed by atoms with van der Waals surface area (Å²) in [5, 5.41) is 15.8. The Balaban J connectivity index is 1.26. The van der Waals surface area contributed by atoms with Crippen molar-refractivity contribution in [2.24, 2.45) is 16.7 Å². The fraction of sp³-hybridized carbons (Fsp3) is 0.400. The summed E-state index contributed by atoms with van der Waals surface area (Å²) in [5.74, 6) is -1.09. The number of hydrazine groups is 1. The zero-order valence-corrected chi connectivity index (χ0v) is 24.4. The molecule has 3 aromatic rings. The Bertz CT molecular complexity index is 1530. The summed E-state index contributed by atoms with van der Waals surface area (Å²) in [7, 11) is 0. The zero-order chi connectivity index (χ0) is 29.7. The SMILES string of the molecule is CC1N(N2C(=O)c3ccccc3C2=O)C1(C)C(=O)OC1CC2CCC1(C(O)(c1ccccc1)c1ccccc1)C2(C)C. The van der Waals surface area contributed by atoms with Gasteiger partial charge in [-0.1, -0.05) is 86.6 Å². The molecule has 2 heterocycles. The third kappa shape index (κ3) is 3.15. The van der Waals surface area contributed by atoms with Gasteiger partial charge in [0.1, 0.15) is 11.7 Å². The number of esters is 1. The Morgan fingerprint density at radius 3 is 1.86 bits per heavy atom. The van der Waals surface area contributed by atoms with Gasteiger partial charge in [-0.25, -0.2) is 9.80 Å². The van der Waals surface area contributed by atoms with Crippen LogP contribution >= 0.6 is 0 Å². The molecule has 3 fully saturated rings. The van der Waals surface area contributed by atoms with E-state index in [0.29, 0.717) is 24.0 Å². The summed E-state index contributed by atoms with van der Waals surface area (Å²) in [5.41, 5.74) is -1.57. The fourth-order valence-corrected chi connectivity index (χ4v) is 8.77. The molecule has 2 amide bonds. The number of imide groups is 1. The molecule has 4 aliphatic rings. The van der Waals surface area contributed by atoms with Gasteiger partial charge in [-0.15, -0.1) is 0 Å². The summed E-state index contributed by atoms with van der Waals surface area (Å²) in [6.45, 7) is 7.95. The van der Waals surface area contributed by atoms with Crippen LogP contribution < -0.4 is 0 Å². The Morgan fingerprint density at radius 2 is 1.36 bits per heavy atom. The van der Waals surface area contributed by atoms with Gasteiger partial charge in [0, 0.05) is 5.41 Å². The number of nitrogens with zero attached hydrogens (tertiary/aromatic N) is 2. The lowest BCUT2D eigenvalue weighted by Crippen LogP contribution is -2.58. The average Bonchev–Trinajstić information content (AvgIpc) is 3.19. The van der Waals surface area contributed by atoms with Gasteiger partial charge in [0.2, 0.25) is 0 Å². The molecule has 2 saturated carbocycles. The van der Waals surface area contributed by atoms with Crippen LogP contribution in [0.5, 0.6) is 0 Å². The molecule has 7 heteroatoms. The number of amides is 2. The van der Waals surface area contributed by atoms with Gasteiger partial charge >= 0.3 is 5.97 Å². The highest BCUT2D eigenvalue weighted by molar-refractivity contribution is 6.21. The van der Waals surface area contributed by atoms with Crippen molar-refractivity contribution in [2.75, 3.05) is 0 Å². The number of carbonyl (C=O) groups is 3. The Morgan fingerprint density at radius 1 is 0.857 bits per heavy atom. The van der Waals surface area contributed by atoms with Gasteiger partial charge < -0.3 is 9.84 Å². The Kier molecular flexibility index (Phi) is 5.70. The highest BCUT2D eigenvalue weighted by atomic mass is 16.6. The first-order chi connectivity index (χ1) is 20.0. The van der Waals surface area contributed by atoms with Gasteiger partial charge in [-0.2, -0.15) is 5.01 Å². The monoisotopic (exact) mass is 564 g/mol. The van der Waals surface area contributed by atoms with Crippen molar-refractivity contribution in [3.63, 3.8) is 0 Å². The molecule has 1 saturated heterocycles. The lowest BCUT2D eigenvalue weighted by atomic mass is 9.54. The molecule has 3 aromatic carbocycles. The van der Waals surface area contributed by atoms with Crippen LogP contribution in [0.1, 0.15) is 78.8 Å². The lowest BCUT2D eigenvalue weighted by molar-refractivity contribution is -0.187. The first kappa shape index (κ1) is 27.0. The molecule has 7 rings (SSSR count). The molecule has 6 atom stereocenters. The second-order valence-corrected chi connectivity index (χ2v) is 13.1. The average molecular weight is 565 g/mol. The van der Waals surface area contributed by atoms with Crippen LogP contribution in [0.25, 0.3) is 0 Å². The van der Waals surface area contributed by atoms with Gasteiger partial charge in [0.25, 0.3) is 11.8 Å². The number of rotatable bonds is 6. The quantitative estimate of drug-likeness (QED) is 0.247. The zero-order valence-electron chi connectivity index (χ0n) is 24.4. The molecule has 2 aliphatic carbocycles. The number of carbonyl (C=O) groups excluding carboxylic acids is 3. The van der Waals surface area contributed by atoms with Crippen LogP contribution in [-0.2, 0) is 15.1 Å². The fourth-order valence-electron chi connectivity index (χ4n) is 8.77. The van der Waals surface area contributed by atoms with Crippen LogP contribution in [0.15, 0.2) is 84.9 Å². The van der Waals surface area contributed by atoms with Gasteiger partial charge in [0.05, 0.1) is 17.2 Å². The van der Waals surface area contributed by atoms with Gasteiger partial charge in [-0.05, 0) is 67.7 Å². The van der Waals surface area contributed by atoms with E-state index in [1.165, 1.54) is 0 Å².